The highest BCUT2D eigenvalue weighted by molar-refractivity contribution is 5.66. The van der Waals surface area contributed by atoms with Crippen LogP contribution in [0.5, 0.6) is 0 Å². The van der Waals surface area contributed by atoms with E-state index < -0.39 is 0 Å². The Balaban J connectivity index is 2.08. The van der Waals surface area contributed by atoms with Gasteiger partial charge < -0.3 is 4.74 Å². The van der Waals surface area contributed by atoms with Gasteiger partial charge in [0.1, 0.15) is 6.10 Å². The summed E-state index contributed by atoms with van der Waals surface area (Å²) in [6, 6.07) is 0. The number of likely N-dealkylation sites (tertiary alicyclic amines) is 1. The number of esters is 1. The van der Waals surface area contributed by atoms with E-state index in [1.807, 2.05) is 0 Å². The van der Waals surface area contributed by atoms with E-state index in [2.05, 4.69) is 18.7 Å². The molecule has 1 heterocycles. The van der Waals surface area contributed by atoms with Crippen LogP contribution in [-0.2, 0) is 9.53 Å². The second-order valence-corrected chi connectivity index (χ2v) is 3.84. The van der Waals surface area contributed by atoms with Crippen LogP contribution in [0.25, 0.3) is 0 Å². The van der Waals surface area contributed by atoms with Crippen LogP contribution in [0.2, 0.25) is 0 Å². The molecule has 0 aromatic rings. The molecule has 0 N–H and O–H groups in total. The average Bonchev–Trinajstić information content (AvgIpc) is 1.80. The van der Waals surface area contributed by atoms with E-state index >= 15 is 0 Å². The number of hydrogen-bond acceptors (Lipinski definition) is 3. The molecule has 3 heteroatoms. The van der Waals surface area contributed by atoms with Gasteiger partial charge in [-0.25, -0.2) is 0 Å². The van der Waals surface area contributed by atoms with E-state index in [9.17, 15) is 4.79 Å². The van der Waals surface area contributed by atoms with Gasteiger partial charge in [0.05, 0.1) is 0 Å². The van der Waals surface area contributed by atoms with Gasteiger partial charge >= 0.3 is 5.97 Å². The van der Waals surface area contributed by atoms with E-state index in [0.717, 1.165) is 19.6 Å². The lowest BCUT2D eigenvalue weighted by molar-refractivity contribution is -0.154. The van der Waals surface area contributed by atoms with Crippen LogP contribution in [0.4, 0.5) is 0 Å². The van der Waals surface area contributed by atoms with Crippen molar-refractivity contribution in [1.29, 1.82) is 0 Å². The minimum atomic E-state index is -0.163. The fraction of sp³-hybridized carbons (Fsp3) is 0.889. The topological polar surface area (TPSA) is 29.5 Å². The van der Waals surface area contributed by atoms with Gasteiger partial charge in [-0.15, -0.1) is 0 Å². The Morgan fingerprint density at radius 3 is 2.58 bits per heavy atom. The first-order valence-corrected chi connectivity index (χ1v) is 4.47. The van der Waals surface area contributed by atoms with Crippen LogP contribution >= 0.6 is 0 Å². The molecule has 3 nitrogen and oxygen atoms in total. The van der Waals surface area contributed by atoms with E-state index in [-0.39, 0.29) is 12.1 Å². The molecule has 0 aromatic heterocycles. The van der Waals surface area contributed by atoms with Crippen LogP contribution in [0.15, 0.2) is 0 Å². The standard InChI is InChI=1S/C9H17NO2/c1-7(2)4-10-5-9(6-10)12-8(3)11/h7,9H,4-6H2,1-3H3. The summed E-state index contributed by atoms with van der Waals surface area (Å²) in [6.07, 6.45) is 0.154. The maximum atomic E-state index is 10.5. The normalized spacial score (nSPS) is 19.3. The molecular formula is C9H17NO2. The van der Waals surface area contributed by atoms with E-state index in [0.29, 0.717) is 5.92 Å². The van der Waals surface area contributed by atoms with Crippen molar-refractivity contribution in [3.05, 3.63) is 0 Å². The highest BCUT2D eigenvalue weighted by Gasteiger charge is 2.28. The Bertz CT molecular complexity index is 162. The molecule has 1 aliphatic heterocycles. The molecule has 0 spiro atoms. The summed E-state index contributed by atoms with van der Waals surface area (Å²) in [5, 5.41) is 0. The van der Waals surface area contributed by atoms with Crippen LogP contribution < -0.4 is 0 Å². The molecule has 0 bridgehead atoms. The average molecular weight is 171 g/mol. The highest BCUT2D eigenvalue weighted by Crippen LogP contribution is 2.13. The molecule has 0 radical (unpaired) electrons. The minimum Gasteiger partial charge on any atom is -0.460 e. The Morgan fingerprint density at radius 1 is 1.58 bits per heavy atom. The van der Waals surface area contributed by atoms with E-state index in [4.69, 9.17) is 4.74 Å². The summed E-state index contributed by atoms with van der Waals surface area (Å²) in [5.41, 5.74) is 0. The van der Waals surface area contributed by atoms with Gasteiger partial charge in [-0.1, -0.05) is 13.8 Å². The first-order valence-electron chi connectivity index (χ1n) is 4.47. The SMILES string of the molecule is CC(=O)OC1CN(CC(C)C)C1. The zero-order valence-electron chi connectivity index (χ0n) is 8.04. The number of hydrogen-bond donors (Lipinski definition) is 0. The Kier molecular flexibility index (Phi) is 3.09. The number of carbonyl (C=O) groups is 1. The summed E-state index contributed by atoms with van der Waals surface area (Å²) >= 11 is 0. The van der Waals surface area contributed by atoms with Crippen molar-refractivity contribution in [2.45, 2.75) is 26.9 Å². The summed E-state index contributed by atoms with van der Waals surface area (Å²) < 4.78 is 5.02. The molecule has 1 saturated heterocycles. The van der Waals surface area contributed by atoms with Gasteiger partial charge in [0.2, 0.25) is 0 Å². The maximum Gasteiger partial charge on any atom is 0.302 e. The molecule has 1 fully saturated rings. The molecular weight excluding hydrogens is 154 g/mol. The molecule has 1 aliphatic rings. The van der Waals surface area contributed by atoms with Crippen LogP contribution in [0, 0.1) is 5.92 Å². The van der Waals surface area contributed by atoms with Crippen molar-refractivity contribution in [3.8, 4) is 0 Å². The summed E-state index contributed by atoms with van der Waals surface area (Å²) in [6.45, 7) is 8.79. The van der Waals surface area contributed by atoms with Crippen LogP contribution in [0.3, 0.4) is 0 Å². The molecule has 0 aliphatic carbocycles. The third-order valence-corrected chi connectivity index (χ3v) is 1.88. The largest absolute Gasteiger partial charge is 0.460 e. The van der Waals surface area contributed by atoms with Gasteiger partial charge in [0.25, 0.3) is 0 Å². The van der Waals surface area contributed by atoms with E-state index in [1.54, 1.807) is 0 Å². The number of ether oxygens (including phenoxy) is 1. The van der Waals surface area contributed by atoms with Crippen molar-refractivity contribution in [1.82, 2.24) is 4.90 Å². The fourth-order valence-electron chi connectivity index (χ4n) is 1.50. The third-order valence-electron chi connectivity index (χ3n) is 1.88. The lowest BCUT2D eigenvalue weighted by Crippen LogP contribution is -2.53. The minimum absolute atomic E-state index is 0.154. The van der Waals surface area contributed by atoms with Gasteiger partial charge in [-0.3, -0.25) is 9.69 Å². The zero-order chi connectivity index (χ0) is 9.14. The molecule has 0 saturated carbocycles. The molecule has 0 atom stereocenters. The van der Waals surface area contributed by atoms with Crippen LogP contribution in [-0.4, -0.2) is 36.6 Å². The maximum absolute atomic E-state index is 10.5. The predicted molar refractivity (Wildman–Crippen MR) is 46.8 cm³/mol. The molecule has 0 aromatic carbocycles. The molecule has 0 amide bonds. The summed E-state index contributed by atoms with van der Waals surface area (Å²) in [4.78, 5) is 12.8. The summed E-state index contributed by atoms with van der Waals surface area (Å²) in [7, 11) is 0. The first-order chi connectivity index (χ1) is 5.58. The monoisotopic (exact) mass is 171 g/mol. The Morgan fingerprint density at radius 2 is 2.17 bits per heavy atom. The lowest BCUT2D eigenvalue weighted by Gasteiger charge is -2.39. The third kappa shape index (κ3) is 2.81. The van der Waals surface area contributed by atoms with Crippen molar-refractivity contribution in [3.63, 3.8) is 0 Å². The molecule has 70 valence electrons. The predicted octanol–water partition coefficient (Wildman–Crippen LogP) is 0.890. The lowest BCUT2D eigenvalue weighted by atomic mass is 10.1. The second kappa shape index (κ2) is 3.90. The quantitative estimate of drug-likeness (QED) is 0.591. The van der Waals surface area contributed by atoms with Crippen molar-refractivity contribution in [2.75, 3.05) is 19.6 Å². The summed E-state index contributed by atoms with van der Waals surface area (Å²) in [5.74, 6) is 0.535. The smallest absolute Gasteiger partial charge is 0.302 e. The fourth-order valence-corrected chi connectivity index (χ4v) is 1.50. The van der Waals surface area contributed by atoms with Gasteiger partial charge in [0, 0.05) is 26.6 Å². The Hall–Kier alpha value is -0.570. The van der Waals surface area contributed by atoms with Gasteiger partial charge in [0.15, 0.2) is 0 Å². The van der Waals surface area contributed by atoms with Crippen LogP contribution in [0.1, 0.15) is 20.8 Å². The first kappa shape index (κ1) is 9.52. The van der Waals surface area contributed by atoms with Crippen molar-refractivity contribution < 1.29 is 9.53 Å². The molecule has 0 unspecified atom stereocenters. The van der Waals surface area contributed by atoms with Crippen molar-refractivity contribution >= 4 is 5.97 Å². The second-order valence-electron chi connectivity index (χ2n) is 3.84. The highest BCUT2D eigenvalue weighted by atomic mass is 16.5. The number of carbonyl (C=O) groups excluding carboxylic acids is 1. The van der Waals surface area contributed by atoms with Gasteiger partial charge in [-0.05, 0) is 5.92 Å². The Labute approximate surface area is 73.7 Å². The number of rotatable bonds is 3. The molecule has 12 heavy (non-hydrogen) atoms. The van der Waals surface area contributed by atoms with Gasteiger partial charge in [-0.2, -0.15) is 0 Å². The van der Waals surface area contributed by atoms with Crippen molar-refractivity contribution in [2.24, 2.45) is 5.92 Å². The number of nitrogens with zero attached hydrogens (tertiary/aromatic N) is 1. The zero-order valence-corrected chi connectivity index (χ0v) is 8.04. The van der Waals surface area contributed by atoms with E-state index in [1.165, 1.54) is 6.92 Å². The molecule has 1 rings (SSSR count).